The van der Waals surface area contributed by atoms with Crippen LogP contribution >= 0.6 is 54.5 Å². The van der Waals surface area contributed by atoms with Crippen LogP contribution in [0.2, 0.25) is 0 Å². The van der Waals surface area contributed by atoms with Gasteiger partial charge in [0, 0.05) is 101 Å². The van der Waals surface area contributed by atoms with Gasteiger partial charge in [-0.15, -0.1) is 0 Å². The lowest BCUT2D eigenvalue weighted by Gasteiger charge is -2.38. The lowest BCUT2D eigenvalue weighted by molar-refractivity contribution is 0.0195. The molecule has 24 nitrogen and oxygen atoms in total. The summed E-state index contributed by atoms with van der Waals surface area (Å²) in [7, 11) is -5.91. The predicted octanol–water partition coefficient (Wildman–Crippen LogP) is 9.08. The van der Waals surface area contributed by atoms with Crippen LogP contribution in [0, 0.1) is 0 Å². The fourth-order valence-electron chi connectivity index (χ4n) is 12.6. The Morgan fingerprint density at radius 3 is 1.26 bits per heavy atom. The summed E-state index contributed by atoms with van der Waals surface area (Å²) in [5, 5.41) is 6.53. The number of aliphatic imine (C=N–C) groups is 2. The molecule has 3 saturated carbocycles. The van der Waals surface area contributed by atoms with Crippen molar-refractivity contribution in [2.45, 2.75) is 159 Å². The summed E-state index contributed by atoms with van der Waals surface area (Å²) in [5.74, 6) is 4.18. The van der Waals surface area contributed by atoms with Gasteiger partial charge in [0.2, 0.25) is 30.1 Å². The second kappa shape index (κ2) is 35.8. The molecule has 0 amide bonds. The number of hydrogen-bond acceptors (Lipinski definition) is 20. The third kappa shape index (κ3) is 20.2. The molecule has 6 heterocycles. The van der Waals surface area contributed by atoms with E-state index in [1.807, 2.05) is 25.4 Å². The van der Waals surface area contributed by atoms with E-state index in [1.54, 1.807) is 95.6 Å². The van der Waals surface area contributed by atoms with Crippen molar-refractivity contribution in [3.63, 3.8) is 0 Å². The molecule has 3 saturated heterocycles. The maximum atomic E-state index is 13.0. The fraction of sp³-hybridized carbons (Fsp3) is 0.576. The zero-order chi connectivity index (χ0) is 68.6. The van der Waals surface area contributed by atoms with E-state index < -0.39 is 30.1 Å². The van der Waals surface area contributed by atoms with Crippen molar-refractivity contribution in [2.75, 3.05) is 99.9 Å². The van der Waals surface area contributed by atoms with Crippen molar-refractivity contribution in [2.24, 2.45) is 9.98 Å². The van der Waals surface area contributed by atoms with Crippen LogP contribution in [0.5, 0.6) is 17.2 Å². The van der Waals surface area contributed by atoms with Crippen molar-refractivity contribution in [1.29, 1.82) is 0 Å². The van der Waals surface area contributed by atoms with Gasteiger partial charge in [0.15, 0.2) is 12.5 Å². The molecule has 0 bridgehead atoms. The minimum Gasteiger partial charge on any atom is -0.497 e. The van der Waals surface area contributed by atoms with Gasteiger partial charge in [0.05, 0.1) is 70.8 Å². The van der Waals surface area contributed by atoms with Crippen LogP contribution in [0.15, 0.2) is 136 Å². The van der Waals surface area contributed by atoms with Crippen LogP contribution in [0.3, 0.4) is 0 Å². The SMILES string of the molecule is COc1ccc(S(=O)(=O)N2CCN(C(C)C3=NC(OC4CCCC4)C(Br)=CN3)CC2)cc1.COc1ccc(S(=O)(=O)N2CCN(C(C)C3=NC(OC4CCCC4)C=CN3)CC2)cc1.COc1ccc(S(=O)(=O)N2CCN(C(C)c3ncc(Br)c(=O)[nH]3)CC2)cc1.IC1CCCC1. The van der Waals surface area contributed by atoms with E-state index in [9.17, 15) is 30.0 Å². The Balaban J connectivity index is 0.000000162. The van der Waals surface area contributed by atoms with Gasteiger partial charge < -0.3 is 39.3 Å². The van der Waals surface area contributed by atoms with Crippen molar-refractivity contribution < 1.29 is 48.9 Å². The molecule has 5 unspecified atom stereocenters. The number of aromatic amines is 1. The maximum absolute atomic E-state index is 13.0. The molecular formula is C66H93Br2IN12O12S3. The number of aromatic nitrogens is 2. The van der Waals surface area contributed by atoms with E-state index in [-0.39, 0.29) is 47.1 Å². The van der Waals surface area contributed by atoms with Gasteiger partial charge in [0.25, 0.3) is 5.56 Å². The van der Waals surface area contributed by atoms with Gasteiger partial charge in [-0.1, -0.05) is 61.1 Å². The van der Waals surface area contributed by atoms with Crippen molar-refractivity contribution in [3.05, 3.63) is 123 Å². The highest BCUT2D eigenvalue weighted by Gasteiger charge is 2.36. The molecule has 4 aromatic rings. The smallest absolute Gasteiger partial charge is 0.265 e. The fourth-order valence-corrected chi connectivity index (χ4v) is 18.3. The number of benzene rings is 3. The average Bonchev–Trinajstić information content (AvgIpc) is 0.959. The van der Waals surface area contributed by atoms with Gasteiger partial charge in [-0.25, -0.2) is 40.2 Å². The summed E-state index contributed by atoms with van der Waals surface area (Å²) in [6, 6.07) is 19.5. The van der Waals surface area contributed by atoms with Crippen LogP contribution in [0.1, 0.15) is 110 Å². The highest BCUT2D eigenvalue weighted by atomic mass is 127. The number of nitrogens with zero attached hydrogens (tertiary/aromatic N) is 9. The molecule has 6 fully saturated rings. The van der Waals surface area contributed by atoms with Crippen LogP contribution in [-0.4, -0.2) is 215 Å². The lowest BCUT2D eigenvalue weighted by Crippen LogP contribution is -2.55. The van der Waals surface area contributed by atoms with E-state index in [0.29, 0.717) is 122 Å². The summed E-state index contributed by atoms with van der Waals surface area (Å²) in [6.07, 6.45) is 22.5. The monoisotopic (exact) mass is 1630 g/mol. The molecule has 5 atom stereocenters. The number of alkyl halides is 1. The molecule has 8 aliphatic rings. The van der Waals surface area contributed by atoms with E-state index >= 15 is 0 Å². The molecule has 5 aliphatic heterocycles. The average molecular weight is 1630 g/mol. The lowest BCUT2D eigenvalue weighted by atomic mass is 10.2. The molecule has 3 aliphatic carbocycles. The van der Waals surface area contributed by atoms with Crippen LogP contribution in [-0.2, 0) is 39.5 Å². The molecule has 30 heteroatoms. The molecular weight excluding hydrogens is 1540 g/mol. The van der Waals surface area contributed by atoms with Crippen molar-refractivity contribution in [3.8, 4) is 17.2 Å². The first-order chi connectivity index (χ1) is 46.1. The van der Waals surface area contributed by atoms with Gasteiger partial charge in [-0.2, -0.15) is 12.9 Å². The zero-order valence-electron chi connectivity index (χ0n) is 55.6. The van der Waals surface area contributed by atoms with Gasteiger partial charge in [0.1, 0.15) is 39.2 Å². The van der Waals surface area contributed by atoms with Crippen molar-refractivity contribution in [1.82, 2.24) is 48.2 Å². The van der Waals surface area contributed by atoms with E-state index in [2.05, 4.69) is 104 Å². The Kier molecular flexibility index (Phi) is 28.2. The minimum absolute atomic E-state index is 0.0346. The molecule has 0 radical (unpaired) electrons. The van der Waals surface area contributed by atoms with Gasteiger partial charge in [-0.05, 0) is 170 Å². The number of halogens is 3. The summed E-state index contributed by atoms with van der Waals surface area (Å²) in [5.41, 5.74) is -0.229. The summed E-state index contributed by atoms with van der Waals surface area (Å²) < 4.78 is 112. The Bertz CT molecular complexity index is 3690. The number of methoxy groups -OCH3 is 3. The highest BCUT2D eigenvalue weighted by Crippen LogP contribution is 2.31. The van der Waals surface area contributed by atoms with Crippen LogP contribution < -0.4 is 30.4 Å². The number of hydrogen-bond donors (Lipinski definition) is 3. The standard InChI is InChI=1S/C22H31BrN4O4S.C22H32N4O4S.C17H21BrN4O4S.C5H9I/c1-16(21-24-15-20(23)22(25-21)31-18-5-3-4-6-18)26-11-13-27(14-12-26)32(28,29)19-9-7-17(30-2)8-10-19;1-17(22-23-12-11-21(24-22)30-19-5-3-4-6-19)25-13-15-26(16-14-25)31(27,28)20-9-7-18(29-2)8-10-20;1-12(16-19-11-15(18)17(23)20-16)21-7-9-22(10-8-21)27(24,25)14-5-3-13(26-2)4-6-14;6-5-3-1-2-4-5/h7-10,15-16,18,22H,3-6,11-14H2,1-2H3,(H,24,25);7-12,17,19,21H,3-6,13-16H2,1-2H3,(H,23,24);3-6,11-12H,7-10H2,1-2H3,(H,19,20,23);5H,1-4H2. The molecule has 0 spiro atoms. The van der Waals surface area contributed by atoms with E-state index in [0.717, 1.165) is 45.8 Å². The molecule has 96 heavy (non-hydrogen) atoms. The first-order valence-corrected chi connectivity index (χ1v) is 40.3. The normalized spacial score (nSPS) is 22.7. The summed E-state index contributed by atoms with van der Waals surface area (Å²) in [4.78, 5) is 35.8. The van der Waals surface area contributed by atoms with Gasteiger partial charge >= 0.3 is 0 Å². The van der Waals surface area contributed by atoms with Gasteiger partial charge in [-0.3, -0.25) is 19.5 Å². The number of sulfonamides is 3. The highest BCUT2D eigenvalue weighted by molar-refractivity contribution is 14.1. The number of piperazine rings is 3. The Morgan fingerprint density at radius 1 is 0.510 bits per heavy atom. The second-order valence-corrected chi connectivity index (χ2v) is 34.1. The Hall–Kier alpha value is -4.42. The molecule has 3 aromatic carbocycles. The summed E-state index contributed by atoms with van der Waals surface area (Å²) >= 11 is 9.23. The largest absolute Gasteiger partial charge is 0.497 e. The van der Waals surface area contributed by atoms with E-state index in [1.165, 1.54) is 69.0 Å². The number of amidine groups is 2. The van der Waals surface area contributed by atoms with Crippen LogP contribution in [0.25, 0.3) is 0 Å². The van der Waals surface area contributed by atoms with Crippen LogP contribution in [0.4, 0.5) is 0 Å². The first kappa shape index (κ1) is 75.8. The number of H-pyrrole nitrogens is 1. The zero-order valence-corrected chi connectivity index (χ0v) is 63.4. The first-order valence-electron chi connectivity index (χ1n) is 33.1. The number of ether oxygens (including phenoxy) is 5. The third-order valence-electron chi connectivity index (χ3n) is 18.7. The topological polar surface area (TPSA) is 263 Å². The summed E-state index contributed by atoms with van der Waals surface area (Å²) in [6.45, 7) is 12.3. The Morgan fingerprint density at radius 2 is 0.885 bits per heavy atom. The minimum atomic E-state index is -3.54. The van der Waals surface area contributed by atoms with Crippen molar-refractivity contribution >= 4 is 96.2 Å². The van der Waals surface area contributed by atoms with E-state index in [4.69, 9.17) is 33.7 Å². The quantitative estimate of drug-likeness (QED) is 0.0584. The number of rotatable bonds is 19. The molecule has 12 rings (SSSR count). The second-order valence-electron chi connectivity index (χ2n) is 24.7. The maximum Gasteiger partial charge on any atom is 0.265 e. The Labute approximate surface area is 597 Å². The number of nitrogens with one attached hydrogen (secondary N) is 3. The third-order valence-corrected chi connectivity index (χ3v) is 26.8. The molecule has 528 valence electrons. The molecule has 3 N–H and O–H groups in total. The molecule has 1 aromatic heterocycles. The predicted molar refractivity (Wildman–Crippen MR) is 388 cm³/mol.